The van der Waals surface area contributed by atoms with Crippen LogP contribution < -0.4 is 4.90 Å². The molecule has 1 atom stereocenters. The third-order valence-electron chi connectivity index (χ3n) is 5.56. The van der Waals surface area contributed by atoms with Gasteiger partial charge in [-0.2, -0.15) is 37.2 Å². The lowest BCUT2D eigenvalue weighted by Gasteiger charge is -2.36. The molecule has 5 rings (SSSR count). The van der Waals surface area contributed by atoms with Gasteiger partial charge in [0, 0.05) is 25.0 Å². The number of H-pyrrole nitrogens is 1. The lowest BCUT2D eigenvalue weighted by molar-refractivity contribution is -0.141. The number of aromatic amines is 1. The fraction of sp³-hybridized carbons (Fsp3) is 0.400. The molecule has 0 amide bonds. The molecule has 1 aliphatic rings. The number of hydrogen-bond acceptors (Lipinski definition) is 6. The van der Waals surface area contributed by atoms with E-state index < -0.39 is 19.3 Å². The fourth-order valence-corrected chi connectivity index (χ4v) is 4.12. The molecule has 0 unspecified atom stereocenters. The van der Waals surface area contributed by atoms with Crippen molar-refractivity contribution in [3.05, 3.63) is 30.6 Å². The molecule has 14 heteroatoms. The van der Waals surface area contributed by atoms with Crippen LogP contribution in [0.15, 0.2) is 30.6 Å². The van der Waals surface area contributed by atoms with E-state index >= 15 is 0 Å². The molecule has 0 bridgehead atoms. The smallest absolute Gasteiger partial charge is 0.377 e. The summed E-state index contributed by atoms with van der Waals surface area (Å²) in [6.45, 7) is -1.29. The van der Waals surface area contributed by atoms with E-state index in [1.165, 1.54) is 24.5 Å². The highest BCUT2D eigenvalue weighted by molar-refractivity contribution is 5.99. The van der Waals surface area contributed by atoms with Gasteiger partial charge in [0.15, 0.2) is 0 Å². The first-order valence-corrected chi connectivity index (χ1v) is 10.4. The Morgan fingerprint density at radius 2 is 2.06 bits per heavy atom. The number of hydrogen-bond donors (Lipinski definition) is 1. The molecule has 4 aromatic rings. The number of morpholine rings is 1. The van der Waals surface area contributed by atoms with E-state index in [-0.39, 0.29) is 34.2 Å². The summed E-state index contributed by atoms with van der Waals surface area (Å²) in [5.41, 5.74) is 1.29. The van der Waals surface area contributed by atoms with Gasteiger partial charge < -0.3 is 9.64 Å². The van der Waals surface area contributed by atoms with E-state index in [9.17, 15) is 22.0 Å². The topological polar surface area (TPSA) is 89.7 Å². The summed E-state index contributed by atoms with van der Waals surface area (Å²) in [7, 11) is 0. The van der Waals surface area contributed by atoms with Crippen molar-refractivity contribution >= 4 is 16.7 Å². The molecule has 9 nitrogen and oxygen atoms in total. The highest BCUT2D eigenvalue weighted by Gasteiger charge is 2.33. The van der Waals surface area contributed by atoms with Gasteiger partial charge in [0.05, 0.1) is 36.0 Å². The van der Waals surface area contributed by atoms with Gasteiger partial charge in [-0.3, -0.25) is 9.78 Å². The molecule has 4 aromatic heterocycles. The Morgan fingerprint density at radius 1 is 1.24 bits per heavy atom. The molecule has 1 fully saturated rings. The Bertz CT molecular complexity index is 1300. The minimum Gasteiger partial charge on any atom is -0.377 e. The Hall–Kier alpha value is -3.55. The molecule has 0 aliphatic carbocycles. The number of nitrogens with zero attached hydrogens (tertiary/aromatic N) is 7. The van der Waals surface area contributed by atoms with E-state index in [0.29, 0.717) is 35.8 Å². The normalized spacial score (nSPS) is 17.3. The van der Waals surface area contributed by atoms with Crippen molar-refractivity contribution in [3.63, 3.8) is 0 Å². The van der Waals surface area contributed by atoms with Crippen molar-refractivity contribution in [1.82, 2.24) is 34.7 Å². The average molecular weight is 482 g/mol. The summed E-state index contributed by atoms with van der Waals surface area (Å²) in [5, 5.41) is 14.4. The van der Waals surface area contributed by atoms with Crippen molar-refractivity contribution in [2.24, 2.45) is 0 Å². The highest BCUT2D eigenvalue weighted by atomic mass is 19.4. The van der Waals surface area contributed by atoms with Crippen LogP contribution in [0, 0.1) is 0 Å². The van der Waals surface area contributed by atoms with Gasteiger partial charge in [-0.05, 0) is 25.1 Å². The van der Waals surface area contributed by atoms with Gasteiger partial charge >= 0.3 is 12.7 Å². The maximum absolute atomic E-state index is 13.6. The number of nitrogens with one attached hydrogen (secondary N) is 1. The average Bonchev–Trinajstić information content (AvgIpc) is 3.52. The lowest BCUT2D eigenvalue weighted by atomic mass is 10.1. The molecule has 5 heterocycles. The maximum Gasteiger partial charge on any atom is 0.408 e. The quantitative estimate of drug-likeness (QED) is 0.435. The van der Waals surface area contributed by atoms with E-state index in [1.54, 1.807) is 6.07 Å². The summed E-state index contributed by atoms with van der Waals surface area (Å²) < 4.78 is 74.4. The zero-order valence-corrected chi connectivity index (χ0v) is 17.8. The third-order valence-corrected chi connectivity index (χ3v) is 5.56. The predicted molar refractivity (Wildman–Crippen MR) is 111 cm³/mol. The standard InChI is InChI=1S/C20H19F5N8O/c1-11-9-34-7-6-31(11)15-8-13(14-3-5-27-33(14)19(21)22)28-17-16(12-2-4-26-29-12)30-32(18(15)17)10-20(23,24)25/h2-5,8,11,19H,6-7,9-10H2,1H3,(H,26,29)/t11-/m1/s1. The Kier molecular flexibility index (Phi) is 5.46. The third kappa shape index (κ3) is 3.97. The van der Waals surface area contributed by atoms with Crippen LogP contribution in [-0.4, -0.2) is 66.7 Å². The van der Waals surface area contributed by atoms with Crippen molar-refractivity contribution in [2.75, 3.05) is 24.7 Å². The number of pyridine rings is 1. The van der Waals surface area contributed by atoms with Crippen LogP contribution in [-0.2, 0) is 11.3 Å². The van der Waals surface area contributed by atoms with Gasteiger partial charge in [0.25, 0.3) is 0 Å². The number of aromatic nitrogens is 7. The fourth-order valence-electron chi connectivity index (χ4n) is 4.12. The van der Waals surface area contributed by atoms with Crippen LogP contribution in [0.1, 0.15) is 13.5 Å². The lowest BCUT2D eigenvalue weighted by Crippen LogP contribution is -2.44. The summed E-state index contributed by atoms with van der Waals surface area (Å²) in [4.78, 5) is 6.38. The maximum atomic E-state index is 13.6. The second-order valence-corrected chi connectivity index (χ2v) is 7.87. The summed E-state index contributed by atoms with van der Waals surface area (Å²) in [6.07, 6.45) is -1.90. The first kappa shape index (κ1) is 22.3. The van der Waals surface area contributed by atoms with E-state index in [4.69, 9.17) is 4.74 Å². The van der Waals surface area contributed by atoms with Crippen molar-refractivity contribution < 1.29 is 26.7 Å². The zero-order valence-electron chi connectivity index (χ0n) is 17.8. The van der Waals surface area contributed by atoms with E-state index in [0.717, 1.165) is 4.68 Å². The second kappa shape index (κ2) is 8.34. The molecule has 1 aliphatic heterocycles. The van der Waals surface area contributed by atoms with Gasteiger partial charge in [-0.25, -0.2) is 9.67 Å². The van der Waals surface area contributed by atoms with Crippen LogP contribution in [0.3, 0.4) is 0 Å². The molecule has 34 heavy (non-hydrogen) atoms. The minimum absolute atomic E-state index is 0.0261. The summed E-state index contributed by atoms with van der Waals surface area (Å²) >= 11 is 0. The SMILES string of the molecule is C[C@@H]1COCCN1c1cc(-c2ccnn2C(F)F)nc2c(-c3ccn[nH]3)nn(CC(F)(F)F)c12. The van der Waals surface area contributed by atoms with E-state index in [2.05, 4.69) is 25.4 Å². The minimum atomic E-state index is -4.55. The van der Waals surface area contributed by atoms with Gasteiger partial charge in [0.1, 0.15) is 23.3 Å². The zero-order chi connectivity index (χ0) is 24.0. The predicted octanol–water partition coefficient (Wildman–Crippen LogP) is 3.87. The van der Waals surface area contributed by atoms with Crippen LogP contribution in [0.25, 0.3) is 33.8 Å². The number of fused-ring (bicyclic) bond motifs is 1. The van der Waals surface area contributed by atoms with Crippen LogP contribution in [0.5, 0.6) is 0 Å². The van der Waals surface area contributed by atoms with E-state index in [1.807, 2.05) is 11.8 Å². The Labute approximate surface area is 189 Å². The summed E-state index contributed by atoms with van der Waals surface area (Å²) in [6, 6.07) is 4.25. The molecular weight excluding hydrogens is 463 g/mol. The first-order chi connectivity index (χ1) is 16.2. The van der Waals surface area contributed by atoms with Crippen LogP contribution >= 0.6 is 0 Å². The molecule has 0 saturated carbocycles. The largest absolute Gasteiger partial charge is 0.408 e. The molecule has 1 N–H and O–H groups in total. The van der Waals surface area contributed by atoms with Gasteiger partial charge in [0.2, 0.25) is 0 Å². The first-order valence-electron chi connectivity index (χ1n) is 10.4. The number of halogens is 5. The number of rotatable bonds is 5. The molecule has 0 aromatic carbocycles. The molecular formula is C20H19F5N8O. The summed E-state index contributed by atoms with van der Waals surface area (Å²) in [5.74, 6) is 0. The van der Waals surface area contributed by atoms with Crippen molar-refractivity contribution in [3.8, 4) is 22.8 Å². The molecule has 1 saturated heterocycles. The monoisotopic (exact) mass is 482 g/mol. The van der Waals surface area contributed by atoms with Crippen LogP contribution in [0.2, 0.25) is 0 Å². The molecule has 0 radical (unpaired) electrons. The van der Waals surface area contributed by atoms with Crippen LogP contribution in [0.4, 0.5) is 27.6 Å². The number of anilines is 1. The number of ether oxygens (including phenoxy) is 1. The number of alkyl halides is 5. The Balaban J connectivity index is 1.82. The van der Waals surface area contributed by atoms with Gasteiger partial charge in [-0.1, -0.05) is 0 Å². The Morgan fingerprint density at radius 3 is 2.74 bits per heavy atom. The second-order valence-electron chi connectivity index (χ2n) is 7.87. The van der Waals surface area contributed by atoms with Gasteiger partial charge in [-0.15, -0.1) is 0 Å². The highest BCUT2D eigenvalue weighted by Crippen LogP contribution is 2.38. The molecule has 0 spiro atoms. The van der Waals surface area contributed by atoms with Crippen molar-refractivity contribution in [2.45, 2.75) is 32.2 Å². The van der Waals surface area contributed by atoms with Crippen molar-refractivity contribution in [1.29, 1.82) is 0 Å². The molecule has 180 valence electrons.